The number of para-hydroxylation sites is 1. The number of rotatable bonds is 5. The Balaban J connectivity index is 2.07. The normalized spacial score (nSPS) is 10.8. The number of hydrogen-bond donors (Lipinski definition) is 0. The third kappa shape index (κ3) is 3.85. The Bertz CT molecular complexity index is 590. The van der Waals surface area contributed by atoms with Gasteiger partial charge in [-0.2, -0.15) is 0 Å². The van der Waals surface area contributed by atoms with Crippen molar-refractivity contribution in [2.75, 3.05) is 14.2 Å². The van der Waals surface area contributed by atoms with Crippen molar-refractivity contribution < 1.29 is 4.74 Å². The van der Waals surface area contributed by atoms with Gasteiger partial charge in [0.25, 0.3) is 0 Å². The molecular formula is C15H16Cl2N2O. The van der Waals surface area contributed by atoms with E-state index in [0.29, 0.717) is 16.9 Å². The minimum Gasteiger partial charge on any atom is -0.496 e. The number of nitrogens with zero attached hydrogens (tertiary/aromatic N) is 2. The molecule has 0 amide bonds. The van der Waals surface area contributed by atoms with Gasteiger partial charge in [-0.1, -0.05) is 47.5 Å². The average Bonchev–Trinajstić information content (AvgIpc) is 2.42. The van der Waals surface area contributed by atoms with E-state index in [1.54, 1.807) is 13.2 Å². The fourth-order valence-corrected chi connectivity index (χ4v) is 2.43. The van der Waals surface area contributed by atoms with Crippen LogP contribution in [0.4, 0.5) is 0 Å². The topological polar surface area (TPSA) is 25.4 Å². The summed E-state index contributed by atoms with van der Waals surface area (Å²) in [6, 6.07) is 11.6. The molecule has 0 saturated heterocycles. The summed E-state index contributed by atoms with van der Waals surface area (Å²) in [7, 11) is 3.70. The van der Waals surface area contributed by atoms with E-state index in [-0.39, 0.29) is 0 Å². The highest BCUT2D eigenvalue weighted by Crippen LogP contribution is 2.22. The average molecular weight is 311 g/mol. The van der Waals surface area contributed by atoms with Crippen LogP contribution in [0.3, 0.4) is 0 Å². The first-order chi connectivity index (χ1) is 9.60. The summed E-state index contributed by atoms with van der Waals surface area (Å²) >= 11 is 11.9. The van der Waals surface area contributed by atoms with Crippen molar-refractivity contribution in [3.63, 3.8) is 0 Å². The molecule has 0 atom stereocenters. The first-order valence-electron chi connectivity index (χ1n) is 6.21. The molecule has 0 aliphatic carbocycles. The van der Waals surface area contributed by atoms with Crippen LogP contribution in [0.25, 0.3) is 0 Å². The monoisotopic (exact) mass is 310 g/mol. The summed E-state index contributed by atoms with van der Waals surface area (Å²) in [5.74, 6) is 0.889. The van der Waals surface area contributed by atoms with Crippen LogP contribution in [-0.4, -0.2) is 24.0 Å². The summed E-state index contributed by atoms with van der Waals surface area (Å²) in [6.07, 6.45) is 0. The second-order valence-corrected chi connectivity index (χ2v) is 5.31. The Labute approximate surface area is 129 Å². The smallest absolute Gasteiger partial charge is 0.135 e. The molecule has 0 spiro atoms. The van der Waals surface area contributed by atoms with E-state index in [2.05, 4.69) is 16.0 Å². The van der Waals surface area contributed by atoms with Crippen LogP contribution in [0.2, 0.25) is 10.3 Å². The quantitative estimate of drug-likeness (QED) is 0.780. The minimum absolute atomic E-state index is 0.408. The highest BCUT2D eigenvalue weighted by atomic mass is 35.5. The maximum atomic E-state index is 6.09. The lowest BCUT2D eigenvalue weighted by Gasteiger charge is -2.18. The maximum absolute atomic E-state index is 6.09. The van der Waals surface area contributed by atoms with Crippen LogP contribution in [0.15, 0.2) is 36.4 Å². The number of aromatic nitrogens is 1. The van der Waals surface area contributed by atoms with E-state index in [4.69, 9.17) is 27.9 Å². The summed E-state index contributed by atoms with van der Waals surface area (Å²) in [4.78, 5) is 6.19. The van der Waals surface area contributed by atoms with E-state index in [0.717, 1.165) is 23.4 Å². The molecule has 0 bridgehead atoms. The fourth-order valence-electron chi connectivity index (χ4n) is 2.03. The summed E-state index contributed by atoms with van der Waals surface area (Å²) in [5.41, 5.74) is 2.09. The predicted molar refractivity (Wildman–Crippen MR) is 82.4 cm³/mol. The van der Waals surface area contributed by atoms with E-state index >= 15 is 0 Å². The van der Waals surface area contributed by atoms with Gasteiger partial charge in [-0.3, -0.25) is 4.90 Å². The summed E-state index contributed by atoms with van der Waals surface area (Å²) in [5, 5.41) is 0.857. The van der Waals surface area contributed by atoms with E-state index in [9.17, 15) is 0 Å². The zero-order chi connectivity index (χ0) is 14.5. The molecule has 0 radical (unpaired) electrons. The van der Waals surface area contributed by atoms with Crippen molar-refractivity contribution in [3.05, 3.63) is 57.8 Å². The predicted octanol–water partition coefficient (Wildman–Crippen LogP) is 4.03. The number of pyridine rings is 1. The SMILES string of the molecule is COc1ccccc1CN(C)Cc1ccc(Cl)nc1Cl. The lowest BCUT2D eigenvalue weighted by Crippen LogP contribution is -2.18. The minimum atomic E-state index is 0.408. The van der Waals surface area contributed by atoms with Gasteiger partial charge in [0.05, 0.1) is 7.11 Å². The Kier molecular flexibility index (Phi) is 5.24. The Morgan fingerprint density at radius 2 is 1.75 bits per heavy atom. The number of benzene rings is 1. The first kappa shape index (κ1) is 15.1. The molecule has 20 heavy (non-hydrogen) atoms. The Morgan fingerprint density at radius 1 is 1.05 bits per heavy atom. The third-order valence-electron chi connectivity index (χ3n) is 2.97. The van der Waals surface area contributed by atoms with Crippen molar-refractivity contribution in [2.24, 2.45) is 0 Å². The van der Waals surface area contributed by atoms with Crippen molar-refractivity contribution in [3.8, 4) is 5.75 Å². The zero-order valence-corrected chi connectivity index (χ0v) is 12.9. The molecule has 0 N–H and O–H groups in total. The van der Waals surface area contributed by atoms with Gasteiger partial charge in [0, 0.05) is 24.2 Å². The summed E-state index contributed by atoms with van der Waals surface area (Å²) in [6.45, 7) is 1.46. The van der Waals surface area contributed by atoms with Gasteiger partial charge in [0.2, 0.25) is 0 Å². The number of halogens is 2. The van der Waals surface area contributed by atoms with E-state index in [1.807, 2.05) is 31.3 Å². The van der Waals surface area contributed by atoms with Gasteiger partial charge in [-0.05, 0) is 19.2 Å². The molecule has 1 aromatic carbocycles. The molecule has 0 aliphatic heterocycles. The molecular weight excluding hydrogens is 295 g/mol. The van der Waals surface area contributed by atoms with Gasteiger partial charge in [0.15, 0.2) is 0 Å². The molecule has 1 heterocycles. The summed E-state index contributed by atoms with van der Waals surface area (Å²) < 4.78 is 5.35. The molecule has 0 fully saturated rings. The molecule has 0 saturated carbocycles. The van der Waals surface area contributed by atoms with Crippen molar-refractivity contribution in [1.82, 2.24) is 9.88 Å². The lowest BCUT2D eigenvalue weighted by atomic mass is 10.2. The Morgan fingerprint density at radius 3 is 2.45 bits per heavy atom. The van der Waals surface area contributed by atoms with Gasteiger partial charge >= 0.3 is 0 Å². The maximum Gasteiger partial charge on any atom is 0.135 e. The number of hydrogen-bond acceptors (Lipinski definition) is 3. The fraction of sp³-hybridized carbons (Fsp3) is 0.267. The number of ether oxygens (including phenoxy) is 1. The Hall–Kier alpha value is -1.29. The first-order valence-corrected chi connectivity index (χ1v) is 6.97. The standard InChI is InChI=1S/C15H16Cl2N2O/c1-19(9-11-5-3-4-6-13(11)20-2)10-12-7-8-14(16)18-15(12)17/h3-8H,9-10H2,1-2H3. The molecule has 0 unspecified atom stereocenters. The highest BCUT2D eigenvalue weighted by Gasteiger charge is 2.09. The van der Waals surface area contributed by atoms with Gasteiger partial charge < -0.3 is 4.74 Å². The number of methoxy groups -OCH3 is 1. The van der Waals surface area contributed by atoms with Crippen LogP contribution in [0, 0.1) is 0 Å². The van der Waals surface area contributed by atoms with Crippen LogP contribution >= 0.6 is 23.2 Å². The zero-order valence-electron chi connectivity index (χ0n) is 11.4. The van der Waals surface area contributed by atoms with Crippen molar-refractivity contribution in [1.29, 1.82) is 0 Å². The van der Waals surface area contributed by atoms with Crippen molar-refractivity contribution >= 4 is 23.2 Å². The second kappa shape index (κ2) is 6.93. The van der Waals surface area contributed by atoms with E-state index in [1.165, 1.54) is 0 Å². The largest absolute Gasteiger partial charge is 0.496 e. The van der Waals surface area contributed by atoms with E-state index < -0.39 is 0 Å². The molecule has 106 valence electrons. The molecule has 1 aromatic heterocycles. The molecule has 2 rings (SSSR count). The van der Waals surface area contributed by atoms with Gasteiger partial charge in [0.1, 0.15) is 16.1 Å². The molecule has 2 aromatic rings. The molecule has 5 heteroatoms. The van der Waals surface area contributed by atoms with Gasteiger partial charge in [-0.25, -0.2) is 4.98 Å². The highest BCUT2D eigenvalue weighted by molar-refractivity contribution is 6.32. The molecule has 3 nitrogen and oxygen atoms in total. The lowest BCUT2D eigenvalue weighted by molar-refractivity contribution is 0.310. The molecule has 0 aliphatic rings. The third-order valence-corrected chi connectivity index (χ3v) is 3.50. The van der Waals surface area contributed by atoms with Gasteiger partial charge in [-0.15, -0.1) is 0 Å². The van der Waals surface area contributed by atoms with Crippen LogP contribution in [-0.2, 0) is 13.1 Å². The van der Waals surface area contributed by atoms with Crippen LogP contribution in [0.5, 0.6) is 5.75 Å². The second-order valence-electron chi connectivity index (χ2n) is 4.57. The van der Waals surface area contributed by atoms with Crippen LogP contribution < -0.4 is 4.74 Å². The van der Waals surface area contributed by atoms with Crippen molar-refractivity contribution in [2.45, 2.75) is 13.1 Å². The van der Waals surface area contributed by atoms with Crippen LogP contribution in [0.1, 0.15) is 11.1 Å².